The molecule has 2 amide bonds. The number of sulfonamides is 1. The molecule has 1 atom stereocenters. The summed E-state index contributed by atoms with van der Waals surface area (Å²) in [6.07, 6.45) is 1.94. The van der Waals surface area contributed by atoms with E-state index >= 15 is 0 Å². The van der Waals surface area contributed by atoms with Crippen molar-refractivity contribution in [3.05, 3.63) is 62.1 Å². The minimum atomic E-state index is -3.71. The van der Waals surface area contributed by atoms with Crippen molar-refractivity contribution < 1.29 is 18.0 Å². The van der Waals surface area contributed by atoms with Gasteiger partial charge in [0.25, 0.3) is 0 Å². The van der Waals surface area contributed by atoms with Gasteiger partial charge >= 0.3 is 0 Å². The molecular weight excluding hydrogens is 568 g/mol. The van der Waals surface area contributed by atoms with Gasteiger partial charge in [0.05, 0.1) is 17.0 Å². The second-order valence-corrected chi connectivity index (χ2v) is 11.8. The summed E-state index contributed by atoms with van der Waals surface area (Å²) in [5.74, 6) is -0.660. The highest BCUT2D eigenvalue weighted by Gasteiger charge is 2.28. The molecule has 0 saturated heterocycles. The Kier molecular flexibility index (Phi) is 11.6. The Morgan fingerprint density at radius 1 is 1.03 bits per heavy atom. The summed E-state index contributed by atoms with van der Waals surface area (Å²) >= 11 is 24.9. The van der Waals surface area contributed by atoms with Crippen LogP contribution in [-0.4, -0.2) is 50.5 Å². The van der Waals surface area contributed by atoms with Gasteiger partial charge in [0.15, 0.2) is 0 Å². The number of carbonyl (C=O) groups is 2. The first-order chi connectivity index (χ1) is 16.9. The van der Waals surface area contributed by atoms with Crippen molar-refractivity contribution in [1.29, 1.82) is 0 Å². The Balaban J connectivity index is 2.24. The third-order valence-electron chi connectivity index (χ3n) is 5.44. The average Bonchev–Trinajstić information content (AvgIpc) is 2.80. The van der Waals surface area contributed by atoms with Crippen LogP contribution in [0.1, 0.15) is 38.7 Å². The van der Waals surface area contributed by atoms with E-state index in [4.69, 9.17) is 46.4 Å². The van der Waals surface area contributed by atoms with Crippen LogP contribution >= 0.6 is 46.4 Å². The van der Waals surface area contributed by atoms with Crippen molar-refractivity contribution in [2.24, 2.45) is 0 Å². The highest BCUT2D eigenvalue weighted by molar-refractivity contribution is 7.92. The Morgan fingerprint density at radius 2 is 1.67 bits per heavy atom. The summed E-state index contributed by atoms with van der Waals surface area (Å²) in [5, 5.41) is 4.09. The Labute approximate surface area is 232 Å². The molecule has 0 fully saturated rings. The maximum atomic E-state index is 13.3. The Hall–Kier alpha value is -1.71. The van der Waals surface area contributed by atoms with E-state index in [0.29, 0.717) is 27.2 Å². The first-order valence-corrected chi connectivity index (χ1v) is 14.7. The number of benzene rings is 2. The predicted molar refractivity (Wildman–Crippen MR) is 148 cm³/mol. The van der Waals surface area contributed by atoms with E-state index in [-0.39, 0.29) is 48.5 Å². The van der Waals surface area contributed by atoms with E-state index in [9.17, 15) is 18.0 Å². The predicted octanol–water partition coefficient (Wildman–Crippen LogP) is 5.79. The molecule has 0 aliphatic rings. The SMILES string of the molecule is CCCNC(=O)[C@@H](C)N(Cc1c(Cl)cccc1Cl)C(=O)CCCN(c1cc(Cl)ccc1Cl)S(C)(=O)=O. The lowest BCUT2D eigenvalue weighted by molar-refractivity contribution is -0.140. The number of anilines is 1. The van der Waals surface area contributed by atoms with E-state index in [1.165, 1.54) is 17.0 Å². The maximum Gasteiger partial charge on any atom is 0.242 e. The number of hydrogen-bond acceptors (Lipinski definition) is 4. The van der Waals surface area contributed by atoms with Crippen molar-refractivity contribution in [2.75, 3.05) is 23.7 Å². The summed E-state index contributed by atoms with van der Waals surface area (Å²) in [4.78, 5) is 27.4. The molecule has 0 unspecified atom stereocenters. The molecule has 2 aromatic rings. The summed E-state index contributed by atoms with van der Waals surface area (Å²) in [6.45, 7) is 4.04. The zero-order valence-corrected chi connectivity index (χ0v) is 24.1. The third kappa shape index (κ3) is 8.42. The van der Waals surface area contributed by atoms with Crippen LogP contribution in [0.2, 0.25) is 20.1 Å². The fourth-order valence-electron chi connectivity index (χ4n) is 3.49. The highest BCUT2D eigenvalue weighted by atomic mass is 35.5. The molecule has 36 heavy (non-hydrogen) atoms. The first kappa shape index (κ1) is 30.5. The number of carbonyl (C=O) groups excluding carboxylic acids is 2. The smallest absolute Gasteiger partial charge is 0.242 e. The van der Waals surface area contributed by atoms with Gasteiger partial charge in [0.2, 0.25) is 21.8 Å². The summed E-state index contributed by atoms with van der Waals surface area (Å²) in [7, 11) is -3.71. The normalized spacial score (nSPS) is 12.2. The minimum absolute atomic E-state index is 0.0122. The number of nitrogens with zero attached hydrogens (tertiary/aromatic N) is 2. The number of amides is 2. The van der Waals surface area contributed by atoms with Crippen molar-refractivity contribution in [1.82, 2.24) is 10.2 Å². The summed E-state index contributed by atoms with van der Waals surface area (Å²) in [5.41, 5.74) is 0.749. The van der Waals surface area contributed by atoms with Gasteiger partial charge in [-0.15, -0.1) is 0 Å². The van der Waals surface area contributed by atoms with E-state index in [1.807, 2.05) is 6.92 Å². The minimum Gasteiger partial charge on any atom is -0.354 e. The first-order valence-electron chi connectivity index (χ1n) is 11.3. The number of rotatable bonds is 12. The van der Waals surface area contributed by atoms with Gasteiger partial charge in [-0.3, -0.25) is 13.9 Å². The Morgan fingerprint density at radius 3 is 2.25 bits per heavy atom. The lowest BCUT2D eigenvalue weighted by Gasteiger charge is -2.30. The fraction of sp³-hybridized carbons (Fsp3) is 0.417. The van der Waals surface area contributed by atoms with Crippen LogP contribution in [0, 0.1) is 0 Å². The second-order valence-electron chi connectivity index (χ2n) is 8.22. The molecule has 2 aromatic carbocycles. The molecule has 0 aliphatic carbocycles. The zero-order valence-electron chi connectivity index (χ0n) is 20.2. The molecule has 2 rings (SSSR count). The van der Waals surface area contributed by atoms with E-state index in [1.54, 1.807) is 31.2 Å². The molecule has 0 saturated carbocycles. The number of hydrogen-bond donors (Lipinski definition) is 1. The monoisotopic (exact) mass is 595 g/mol. The van der Waals surface area contributed by atoms with Gasteiger partial charge in [-0.1, -0.05) is 59.4 Å². The van der Waals surface area contributed by atoms with Crippen LogP contribution in [0.5, 0.6) is 0 Å². The summed E-state index contributed by atoms with van der Waals surface area (Å²) < 4.78 is 26.0. The van der Waals surface area contributed by atoms with Crippen molar-refractivity contribution in [3.63, 3.8) is 0 Å². The standard InChI is InChI=1S/C24H29Cl4N3O4S/c1-4-12-29-24(33)16(2)30(15-18-19(26)7-5-8-20(18)27)23(32)9-6-13-31(36(3,34)35)22-14-17(25)10-11-21(22)28/h5,7-8,10-11,14,16H,4,6,9,12-13,15H2,1-3H3,(H,29,33)/t16-/m1/s1. The van der Waals surface area contributed by atoms with Crippen LogP contribution in [0.15, 0.2) is 36.4 Å². The third-order valence-corrected chi connectivity index (χ3v) is 7.88. The van der Waals surface area contributed by atoms with Gasteiger partial charge in [0.1, 0.15) is 6.04 Å². The van der Waals surface area contributed by atoms with Crippen molar-refractivity contribution in [2.45, 2.75) is 45.7 Å². The number of halogens is 4. The molecule has 1 N–H and O–H groups in total. The van der Waals surface area contributed by atoms with E-state index < -0.39 is 16.1 Å². The molecular formula is C24H29Cl4N3O4S. The lowest BCUT2D eigenvalue weighted by atomic mass is 10.1. The highest BCUT2D eigenvalue weighted by Crippen LogP contribution is 2.31. The molecule has 0 aromatic heterocycles. The average molecular weight is 597 g/mol. The molecule has 0 bridgehead atoms. The molecule has 7 nitrogen and oxygen atoms in total. The van der Waals surface area contributed by atoms with Gasteiger partial charge in [-0.25, -0.2) is 8.42 Å². The van der Waals surface area contributed by atoms with E-state index in [2.05, 4.69) is 5.32 Å². The Bertz CT molecular complexity index is 1170. The summed E-state index contributed by atoms with van der Waals surface area (Å²) in [6, 6.07) is 8.73. The topological polar surface area (TPSA) is 86.8 Å². The van der Waals surface area contributed by atoms with Crippen molar-refractivity contribution >= 4 is 73.9 Å². The van der Waals surface area contributed by atoms with Crippen LogP contribution in [0.25, 0.3) is 0 Å². The molecule has 0 radical (unpaired) electrons. The number of nitrogens with one attached hydrogen (secondary N) is 1. The molecule has 0 heterocycles. The van der Waals surface area contributed by atoms with Gasteiger partial charge in [-0.2, -0.15) is 0 Å². The largest absolute Gasteiger partial charge is 0.354 e. The van der Waals surface area contributed by atoms with Crippen LogP contribution in [0.4, 0.5) is 5.69 Å². The lowest BCUT2D eigenvalue weighted by Crippen LogP contribution is -2.48. The van der Waals surface area contributed by atoms with Crippen LogP contribution in [0.3, 0.4) is 0 Å². The van der Waals surface area contributed by atoms with E-state index in [0.717, 1.165) is 17.0 Å². The molecule has 198 valence electrons. The van der Waals surface area contributed by atoms with Crippen LogP contribution in [-0.2, 0) is 26.2 Å². The van der Waals surface area contributed by atoms with Crippen LogP contribution < -0.4 is 9.62 Å². The fourth-order valence-corrected chi connectivity index (χ4v) is 5.41. The quantitative estimate of drug-likeness (QED) is 0.336. The molecule has 0 aliphatic heterocycles. The molecule has 0 spiro atoms. The molecule has 12 heteroatoms. The van der Waals surface area contributed by atoms with Gasteiger partial charge in [-0.05, 0) is 50.1 Å². The van der Waals surface area contributed by atoms with Gasteiger partial charge in [0, 0.05) is 46.7 Å². The second kappa shape index (κ2) is 13.7. The van der Waals surface area contributed by atoms with Gasteiger partial charge < -0.3 is 10.2 Å². The zero-order chi connectivity index (χ0) is 27.0. The van der Waals surface area contributed by atoms with Crippen molar-refractivity contribution in [3.8, 4) is 0 Å². The maximum absolute atomic E-state index is 13.3.